The normalized spacial score (nSPS) is 11.1. The first-order valence-corrected chi connectivity index (χ1v) is 10.2. The van der Waals surface area contributed by atoms with Crippen molar-refractivity contribution < 1.29 is 22.0 Å². The molecule has 0 unspecified atom stereocenters. The number of benzene rings is 3. The molecule has 0 heterocycles. The Bertz CT molecular complexity index is 1160. The summed E-state index contributed by atoms with van der Waals surface area (Å²) in [5.74, 6) is -1.70. The quantitative estimate of drug-likeness (QED) is 0.631. The number of rotatable bonds is 6. The van der Waals surface area contributed by atoms with Crippen molar-refractivity contribution in [2.75, 3.05) is 10.0 Å². The standard InChI is InChI=1S/C21H18F2N2O3S/c1-14-10-11-16(24-21(26)12-15-6-2-3-7-17(15)22)13-20(14)29(27,28)25-19-9-5-4-8-18(19)23/h2-11,13,25H,12H2,1H3,(H,24,26). The number of sulfonamides is 1. The minimum Gasteiger partial charge on any atom is -0.326 e. The highest BCUT2D eigenvalue weighted by molar-refractivity contribution is 7.92. The average Bonchev–Trinajstić information content (AvgIpc) is 2.67. The number of hydrogen-bond acceptors (Lipinski definition) is 3. The first kappa shape index (κ1) is 20.5. The first-order chi connectivity index (χ1) is 13.8. The van der Waals surface area contributed by atoms with Gasteiger partial charge in [-0.25, -0.2) is 17.2 Å². The molecule has 1 amide bonds. The topological polar surface area (TPSA) is 75.3 Å². The van der Waals surface area contributed by atoms with E-state index in [9.17, 15) is 22.0 Å². The van der Waals surface area contributed by atoms with Crippen LogP contribution in [0.25, 0.3) is 0 Å². The van der Waals surface area contributed by atoms with Gasteiger partial charge in [0.1, 0.15) is 11.6 Å². The van der Waals surface area contributed by atoms with Crippen molar-refractivity contribution in [1.29, 1.82) is 0 Å². The molecule has 3 rings (SSSR count). The van der Waals surface area contributed by atoms with E-state index in [-0.39, 0.29) is 28.3 Å². The molecule has 8 heteroatoms. The second kappa shape index (κ2) is 8.40. The summed E-state index contributed by atoms with van der Waals surface area (Å²) in [6, 6.07) is 15.6. The molecule has 3 aromatic carbocycles. The van der Waals surface area contributed by atoms with Gasteiger partial charge in [-0.1, -0.05) is 36.4 Å². The smallest absolute Gasteiger partial charge is 0.262 e. The molecule has 0 saturated heterocycles. The number of nitrogens with one attached hydrogen (secondary N) is 2. The maximum absolute atomic E-state index is 13.8. The molecule has 0 bridgehead atoms. The third kappa shape index (κ3) is 4.97. The molecule has 0 aliphatic carbocycles. The molecular formula is C21H18F2N2O3S. The molecule has 0 atom stereocenters. The molecule has 0 saturated carbocycles. The van der Waals surface area contributed by atoms with Crippen LogP contribution in [0, 0.1) is 18.6 Å². The van der Waals surface area contributed by atoms with Crippen LogP contribution in [0.5, 0.6) is 0 Å². The zero-order valence-electron chi connectivity index (χ0n) is 15.4. The Hall–Kier alpha value is -3.26. The van der Waals surface area contributed by atoms with Crippen molar-refractivity contribution >= 4 is 27.3 Å². The van der Waals surface area contributed by atoms with Gasteiger partial charge in [0.05, 0.1) is 17.0 Å². The number of anilines is 2. The lowest BCUT2D eigenvalue weighted by molar-refractivity contribution is -0.115. The van der Waals surface area contributed by atoms with Gasteiger partial charge in [0.15, 0.2) is 0 Å². The minimum atomic E-state index is -4.09. The summed E-state index contributed by atoms with van der Waals surface area (Å²) < 4.78 is 55.1. The van der Waals surface area contributed by atoms with Crippen LogP contribution in [-0.4, -0.2) is 14.3 Å². The lowest BCUT2D eigenvalue weighted by atomic mass is 10.1. The number of halogens is 2. The van der Waals surface area contributed by atoms with Gasteiger partial charge in [-0.3, -0.25) is 9.52 Å². The minimum absolute atomic E-state index is 0.107. The Kier molecular flexibility index (Phi) is 5.93. The first-order valence-electron chi connectivity index (χ1n) is 8.67. The van der Waals surface area contributed by atoms with E-state index in [4.69, 9.17) is 0 Å². The summed E-state index contributed by atoms with van der Waals surface area (Å²) in [6.45, 7) is 1.58. The summed E-state index contributed by atoms with van der Waals surface area (Å²) in [4.78, 5) is 12.1. The lowest BCUT2D eigenvalue weighted by Crippen LogP contribution is -2.18. The molecule has 0 aliphatic heterocycles. The van der Waals surface area contributed by atoms with Gasteiger partial charge < -0.3 is 5.32 Å². The highest BCUT2D eigenvalue weighted by Crippen LogP contribution is 2.24. The third-order valence-electron chi connectivity index (χ3n) is 4.19. The number of carbonyl (C=O) groups is 1. The zero-order valence-corrected chi connectivity index (χ0v) is 16.3. The monoisotopic (exact) mass is 416 g/mol. The third-order valence-corrected chi connectivity index (χ3v) is 5.70. The Balaban J connectivity index is 1.81. The molecule has 0 aliphatic rings. The van der Waals surface area contributed by atoms with Gasteiger partial charge >= 0.3 is 0 Å². The fourth-order valence-electron chi connectivity index (χ4n) is 2.73. The Morgan fingerprint density at radius 2 is 1.59 bits per heavy atom. The van der Waals surface area contributed by atoms with Gasteiger partial charge in [-0.15, -0.1) is 0 Å². The second-order valence-electron chi connectivity index (χ2n) is 6.38. The maximum Gasteiger partial charge on any atom is 0.262 e. The summed E-state index contributed by atoms with van der Waals surface area (Å²) in [5.41, 5.74) is 0.693. The second-order valence-corrected chi connectivity index (χ2v) is 8.03. The van der Waals surface area contributed by atoms with E-state index < -0.39 is 27.6 Å². The molecule has 29 heavy (non-hydrogen) atoms. The Labute approximate surface area is 167 Å². The van der Waals surface area contributed by atoms with E-state index in [2.05, 4.69) is 10.0 Å². The summed E-state index contributed by atoms with van der Waals surface area (Å²) >= 11 is 0. The van der Waals surface area contributed by atoms with E-state index in [0.717, 1.165) is 6.07 Å². The number of amides is 1. The van der Waals surface area contributed by atoms with Crippen LogP contribution >= 0.6 is 0 Å². The number of para-hydroxylation sites is 1. The van der Waals surface area contributed by atoms with Crippen LogP contribution in [0.3, 0.4) is 0 Å². The van der Waals surface area contributed by atoms with Crippen LogP contribution in [0.4, 0.5) is 20.2 Å². The number of carbonyl (C=O) groups excluding carboxylic acids is 1. The van der Waals surface area contributed by atoms with E-state index >= 15 is 0 Å². The predicted octanol–water partition coefficient (Wildman–Crippen LogP) is 4.26. The van der Waals surface area contributed by atoms with Crippen LogP contribution in [-0.2, 0) is 21.2 Å². The van der Waals surface area contributed by atoms with Crippen LogP contribution in [0.15, 0.2) is 71.6 Å². The van der Waals surface area contributed by atoms with Gasteiger partial charge in [-0.05, 0) is 48.4 Å². The summed E-state index contributed by atoms with van der Waals surface area (Å²) in [6.07, 6.45) is -0.198. The molecular weight excluding hydrogens is 398 g/mol. The molecule has 0 aromatic heterocycles. The van der Waals surface area contributed by atoms with E-state index in [1.54, 1.807) is 13.0 Å². The van der Waals surface area contributed by atoms with Gasteiger partial charge in [-0.2, -0.15) is 0 Å². The predicted molar refractivity (Wildman–Crippen MR) is 107 cm³/mol. The SMILES string of the molecule is Cc1ccc(NC(=O)Cc2ccccc2F)cc1S(=O)(=O)Nc1ccccc1F. The van der Waals surface area contributed by atoms with Crippen molar-refractivity contribution in [2.24, 2.45) is 0 Å². The molecule has 2 N–H and O–H groups in total. The van der Waals surface area contributed by atoms with E-state index in [1.165, 1.54) is 54.6 Å². The highest BCUT2D eigenvalue weighted by Gasteiger charge is 2.20. The lowest BCUT2D eigenvalue weighted by Gasteiger charge is -2.13. The molecule has 0 spiro atoms. The van der Waals surface area contributed by atoms with Gasteiger partial charge in [0.2, 0.25) is 5.91 Å². The van der Waals surface area contributed by atoms with Crippen LogP contribution in [0.2, 0.25) is 0 Å². The van der Waals surface area contributed by atoms with E-state index in [0.29, 0.717) is 5.56 Å². The maximum atomic E-state index is 13.8. The average molecular weight is 416 g/mol. The fraction of sp³-hybridized carbons (Fsp3) is 0.0952. The molecule has 5 nitrogen and oxygen atoms in total. The van der Waals surface area contributed by atoms with Crippen LogP contribution in [0.1, 0.15) is 11.1 Å². The molecule has 0 fully saturated rings. The van der Waals surface area contributed by atoms with Crippen molar-refractivity contribution in [3.8, 4) is 0 Å². The number of hydrogen-bond donors (Lipinski definition) is 2. The molecule has 150 valence electrons. The fourth-order valence-corrected chi connectivity index (χ4v) is 4.07. The van der Waals surface area contributed by atoms with Crippen LogP contribution < -0.4 is 10.0 Å². The summed E-state index contributed by atoms with van der Waals surface area (Å²) in [7, 11) is -4.09. The largest absolute Gasteiger partial charge is 0.326 e. The van der Waals surface area contributed by atoms with Crippen molar-refractivity contribution in [1.82, 2.24) is 0 Å². The van der Waals surface area contributed by atoms with Gasteiger partial charge in [0, 0.05) is 5.69 Å². The van der Waals surface area contributed by atoms with Crippen molar-refractivity contribution in [3.05, 3.63) is 89.5 Å². The number of aryl methyl sites for hydroxylation is 1. The van der Waals surface area contributed by atoms with Crippen molar-refractivity contribution in [2.45, 2.75) is 18.2 Å². The highest BCUT2D eigenvalue weighted by atomic mass is 32.2. The van der Waals surface area contributed by atoms with Crippen molar-refractivity contribution in [3.63, 3.8) is 0 Å². The summed E-state index contributed by atoms with van der Waals surface area (Å²) in [5, 5.41) is 2.56. The zero-order chi connectivity index (χ0) is 21.0. The molecule has 0 radical (unpaired) electrons. The Morgan fingerprint density at radius 1 is 0.931 bits per heavy atom. The van der Waals surface area contributed by atoms with E-state index in [1.807, 2.05) is 0 Å². The molecule has 3 aromatic rings. The van der Waals surface area contributed by atoms with Gasteiger partial charge in [0.25, 0.3) is 10.0 Å². The Morgan fingerprint density at radius 3 is 2.28 bits per heavy atom.